The third kappa shape index (κ3) is 2.99. The van der Waals surface area contributed by atoms with E-state index in [1.807, 2.05) is 0 Å². The van der Waals surface area contributed by atoms with Gasteiger partial charge in [0.2, 0.25) is 0 Å². The van der Waals surface area contributed by atoms with Crippen LogP contribution in [0.5, 0.6) is 0 Å². The monoisotopic (exact) mass is 349 g/mol. The smallest absolute Gasteiger partial charge is 0.252 e. The topological polar surface area (TPSA) is 70.2 Å². The first kappa shape index (κ1) is 16.8. The summed E-state index contributed by atoms with van der Waals surface area (Å²) in [5.74, 6) is -0.220. The van der Waals surface area contributed by atoms with Crippen molar-refractivity contribution in [2.24, 2.45) is 0 Å². The van der Waals surface area contributed by atoms with Crippen LogP contribution in [0.15, 0.2) is 42.5 Å². The molecule has 1 fully saturated rings. The lowest BCUT2D eigenvalue weighted by atomic mass is 9.74. The highest BCUT2D eigenvalue weighted by atomic mass is 16.1. The number of fused-ring (bicyclic) bond motifs is 2. The van der Waals surface area contributed by atoms with Crippen molar-refractivity contribution in [2.75, 3.05) is 25.0 Å². The van der Waals surface area contributed by atoms with E-state index in [0.29, 0.717) is 17.7 Å². The van der Waals surface area contributed by atoms with E-state index in [-0.39, 0.29) is 11.3 Å². The number of aldehydes is 1. The van der Waals surface area contributed by atoms with Gasteiger partial charge in [-0.2, -0.15) is 0 Å². The van der Waals surface area contributed by atoms with Crippen LogP contribution < -0.4 is 16.0 Å². The van der Waals surface area contributed by atoms with Crippen LogP contribution in [0.1, 0.15) is 44.7 Å². The number of piperidine rings is 1. The maximum absolute atomic E-state index is 12.4. The van der Waals surface area contributed by atoms with Gasteiger partial charge in [0.1, 0.15) is 0 Å². The highest BCUT2D eigenvalue weighted by Gasteiger charge is 2.39. The van der Waals surface area contributed by atoms with E-state index in [1.165, 1.54) is 11.3 Å². The quantitative estimate of drug-likeness (QED) is 0.742. The van der Waals surface area contributed by atoms with Gasteiger partial charge in [-0.15, -0.1) is 0 Å². The molecule has 3 N–H and O–H groups in total. The second-order valence-corrected chi connectivity index (χ2v) is 7.15. The van der Waals surface area contributed by atoms with Gasteiger partial charge in [0.25, 0.3) is 5.91 Å². The minimum atomic E-state index is -0.220. The molecule has 0 bridgehead atoms. The van der Waals surface area contributed by atoms with Gasteiger partial charge in [-0.25, -0.2) is 0 Å². The van der Waals surface area contributed by atoms with Crippen LogP contribution in [0.4, 0.5) is 5.69 Å². The van der Waals surface area contributed by atoms with Crippen molar-refractivity contribution in [1.29, 1.82) is 0 Å². The minimum absolute atomic E-state index is 0.213. The van der Waals surface area contributed by atoms with Crippen LogP contribution in [0, 0.1) is 0 Å². The number of anilines is 1. The molecule has 0 aliphatic carbocycles. The second kappa shape index (κ2) is 6.92. The fourth-order valence-electron chi connectivity index (χ4n) is 4.09. The lowest BCUT2D eigenvalue weighted by Gasteiger charge is -2.34. The van der Waals surface area contributed by atoms with Crippen molar-refractivity contribution in [2.45, 2.75) is 24.8 Å². The summed E-state index contributed by atoms with van der Waals surface area (Å²) in [5.41, 5.74) is 4.72. The zero-order valence-corrected chi connectivity index (χ0v) is 14.7. The van der Waals surface area contributed by atoms with Crippen molar-refractivity contribution in [1.82, 2.24) is 10.6 Å². The number of hydrogen-bond acceptors (Lipinski definition) is 4. The number of amides is 1. The van der Waals surface area contributed by atoms with E-state index in [0.717, 1.165) is 44.3 Å². The molecule has 0 radical (unpaired) electrons. The Labute approximate surface area is 153 Å². The van der Waals surface area contributed by atoms with Gasteiger partial charge in [-0.3, -0.25) is 9.59 Å². The minimum Gasteiger partial charge on any atom is -0.384 e. The van der Waals surface area contributed by atoms with Crippen molar-refractivity contribution in [3.05, 3.63) is 64.7 Å². The molecule has 0 atom stereocenters. The summed E-state index contributed by atoms with van der Waals surface area (Å²) in [6.45, 7) is 3.54. The van der Waals surface area contributed by atoms with E-state index >= 15 is 0 Å². The molecule has 2 aromatic rings. The van der Waals surface area contributed by atoms with E-state index in [2.05, 4.69) is 34.1 Å². The fourth-order valence-corrected chi connectivity index (χ4v) is 4.09. The Morgan fingerprint density at radius 3 is 2.77 bits per heavy atom. The number of carbonyl (C=O) groups excluding carboxylic acids is 2. The van der Waals surface area contributed by atoms with E-state index in [1.54, 1.807) is 24.3 Å². The zero-order chi connectivity index (χ0) is 18.0. The normalized spacial score (nSPS) is 17.4. The Morgan fingerprint density at radius 1 is 1.15 bits per heavy atom. The predicted octanol–water partition coefficient (Wildman–Crippen LogP) is 2.48. The van der Waals surface area contributed by atoms with Gasteiger partial charge < -0.3 is 16.0 Å². The Balaban J connectivity index is 1.51. The molecule has 0 aromatic heterocycles. The molecule has 5 heteroatoms. The summed E-state index contributed by atoms with van der Waals surface area (Å²) in [4.78, 5) is 23.5. The summed E-state index contributed by atoms with van der Waals surface area (Å²) in [5, 5.41) is 9.92. The largest absolute Gasteiger partial charge is 0.384 e. The third-order valence-corrected chi connectivity index (χ3v) is 5.62. The van der Waals surface area contributed by atoms with Crippen molar-refractivity contribution < 1.29 is 9.59 Å². The summed E-state index contributed by atoms with van der Waals surface area (Å²) >= 11 is 0. The summed E-state index contributed by atoms with van der Waals surface area (Å²) in [6, 6.07) is 13.3. The molecule has 134 valence electrons. The molecule has 2 aliphatic rings. The van der Waals surface area contributed by atoms with Crippen molar-refractivity contribution >= 4 is 17.9 Å². The van der Waals surface area contributed by atoms with Crippen molar-refractivity contribution in [3.8, 4) is 0 Å². The van der Waals surface area contributed by atoms with Gasteiger partial charge >= 0.3 is 0 Å². The summed E-state index contributed by atoms with van der Waals surface area (Å²) < 4.78 is 0. The molecular formula is C21H23N3O2. The average molecular weight is 349 g/mol. The van der Waals surface area contributed by atoms with Gasteiger partial charge in [-0.1, -0.05) is 30.3 Å². The Bertz CT molecular complexity index is 835. The summed E-state index contributed by atoms with van der Waals surface area (Å²) in [7, 11) is 0. The number of benzene rings is 2. The van der Waals surface area contributed by atoms with Crippen molar-refractivity contribution in [3.63, 3.8) is 0 Å². The lowest BCUT2D eigenvalue weighted by molar-refractivity contribution is 0.0945. The van der Waals surface area contributed by atoms with Crippen LogP contribution in [0.25, 0.3) is 0 Å². The number of carbonyl (C=O) groups is 2. The van der Waals surface area contributed by atoms with Gasteiger partial charge in [0, 0.05) is 35.3 Å². The average Bonchev–Trinajstić information content (AvgIpc) is 3.04. The van der Waals surface area contributed by atoms with Gasteiger partial charge in [-0.05, 0) is 49.2 Å². The zero-order valence-electron chi connectivity index (χ0n) is 14.7. The Morgan fingerprint density at radius 2 is 1.96 bits per heavy atom. The predicted molar refractivity (Wildman–Crippen MR) is 102 cm³/mol. The van der Waals surface area contributed by atoms with Crippen LogP contribution in [-0.2, 0) is 12.0 Å². The first-order chi connectivity index (χ1) is 12.7. The highest BCUT2D eigenvalue weighted by molar-refractivity contribution is 6.01. The second-order valence-electron chi connectivity index (χ2n) is 7.15. The van der Waals surface area contributed by atoms with Crippen LogP contribution in [-0.4, -0.2) is 31.8 Å². The first-order valence-electron chi connectivity index (χ1n) is 9.12. The molecule has 1 spiro atoms. The molecule has 2 aliphatic heterocycles. The first-order valence-corrected chi connectivity index (χ1v) is 9.12. The lowest BCUT2D eigenvalue weighted by Crippen LogP contribution is -2.41. The number of nitrogens with one attached hydrogen (secondary N) is 3. The standard InChI is InChI=1S/C21H23N3O2/c25-13-16-3-1-2-4-17(16)20(26)23-12-15-5-6-19-18(11-15)21(14-24-19)7-9-22-10-8-21/h1-6,11,13,22,24H,7-10,12,14H2,(H,23,26). The molecule has 4 rings (SSSR count). The molecule has 26 heavy (non-hydrogen) atoms. The molecule has 0 unspecified atom stereocenters. The van der Waals surface area contributed by atoms with Crippen LogP contribution in [0.2, 0.25) is 0 Å². The SMILES string of the molecule is O=Cc1ccccc1C(=O)NCc1ccc2c(c1)C1(CCNCC1)CN2. The molecule has 5 nitrogen and oxygen atoms in total. The number of hydrogen-bond donors (Lipinski definition) is 3. The maximum atomic E-state index is 12.4. The molecule has 2 aromatic carbocycles. The van der Waals surface area contributed by atoms with Gasteiger partial charge in [0.15, 0.2) is 6.29 Å². The Kier molecular flexibility index (Phi) is 4.47. The van der Waals surface area contributed by atoms with E-state index in [9.17, 15) is 9.59 Å². The van der Waals surface area contributed by atoms with Crippen LogP contribution in [0.3, 0.4) is 0 Å². The molecule has 0 saturated carbocycles. The maximum Gasteiger partial charge on any atom is 0.252 e. The highest BCUT2D eigenvalue weighted by Crippen LogP contribution is 2.43. The molecule has 1 saturated heterocycles. The van der Waals surface area contributed by atoms with Gasteiger partial charge in [0.05, 0.1) is 0 Å². The van der Waals surface area contributed by atoms with E-state index < -0.39 is 0 Å². The number of rotatable bonds is 4. The Hall–Kier alpha value is -2.66. The summed E-state index contributed by atoms with van der Waals surface area (Å²) in [6.07, 6.45) is 2.99. The third-order valence-electron chi connectivity index (χ3n) is 5.62. The van der Waals surface area contributed by atoms with E-state index in [4.69, 9.17) is 0 Å². The molecule has 2 heterocycles. The molecule has 1 amide bonds. The van der Waals surface area contributed by atoms with Crippen LogP contribution >= 0.6 is 0 Å². The fraction of sp³-hybridized carbons (Fsp3) is 0.333. The molecular weight excluding hydrogens is 326 g/mol.